The minimum absolute atomic E-state index is 0.217. The van der Waals surface area contributed by atoms with Crippen molar-refractivity contribution in [1.29, 1.82) is 0 Å². The molecule has 38 heavy (non-hydrogen) atoms. The third kappa shape index (κ3) is 7.03. The Hall–Kier alpha value is -3.15. The van der Waals surface area contributed by atoms with E-state index in [-0.39, 0.29) is 5.91 Å². The number of carbonyl (C=O) groups excluding carboxylic acids is 1. The summed E-state index contributed by atoms with van der Waals surface area (Å²) in [5.41, 5.74) is 4.71. The van der Waals surface area contributed by atoms with Crippen LogP contribution in [0.25, 0.3) is 0 Å². The molecule has 3 aromatic carbocycles. The second kappa shape index (κ2) is 13.1. The fraction of sp³-hybridized carbons (Fsp3) is 0.424. The molecule has 0 aromatic heterocycles. The van der Waals surface area contributed by atoms with E-state index in [0.717, 1.165) is 62.6 Å². The molecule has 0 radical (unpaired) electrons. The molecule has 1 unspecified atom stereocenters. The Balaban J connectivity index is 1.35. The van der Waals surface area contributed by atoms with Crippen LogP contribution < -0.4 is 9.64 Å². The van der Waals surface area contributed by atoms with Crippen LogP contribution in [0.15, 0.2) is 78.9 Å². The highest BCUT2D eigenvalue weighted by molar-refractivity contribution is 5.95. The number of hydrogen-bond donors (Lipinski definition) is 0. The molecule has 200 valence electrons. The summed E-state index contributed by atoms with van der Waals surface area (Å²) in [6.45, 7) is 8.56. The number of carbonyl (C=O) groups is 1. The highest BCUT2D eigenvalue weighted by atomic mass is 16.5. The number of nitrogens with zero attached hydrogens (tertiary/aromatic N) is 3. The second-order valence-electron chi connectivity index (χ2n) is 10.8. The normalized spacial score (nSPS) is 18.0. The second-order valence-corrected chi connectivity index (χ2v) is 10.8. The van der Waals surface area contributed by atoms with Crippen molar-refractivity contribution < 1.29 is 9.53 Å². The molecular formula is C33H41N3O2. The lowest BCUT2D eigenvalue weighted by atomic mass is 10.1. The van der Waals surface area contributed by atoms with Gasteiger partial charge in [-0.1, -0.05) is 60.7 Å². The van der Waals surface area contributed by atoms with Crippen molar-refractivity contribution in [2.75, 3.05) is 31.1 Å². The minimum Gasteiger partial charge on any atom is -0.493 e. The standard InChI is InChI=1S/C33H41N3O2/c1-27-11-8-19-35(27)20-10-22-38-32-18-17-31(36-21-9-16-33(36)37)23-30(32)26-34(24-28-12-4-2-5-13-28)25-29-14-6-3-7-15-29/h2-7,12-15,17-18,23,27H,8-11,16,19-22,24-26H2,1H3. The maximum atomic E-state index is 12.5. The molecule has 0 aliphatic carbocycles. The first-order valence-electron chi connectivity index (χ1n) is 14.3. The fourth-order valence-electron chi connectivity index (χ4n) is 5.79. The van der Waals surface area contributed by atoms with Crippen molar-refractivity contribution in [3.63, 3.8) is 0 Å². The topological polar surface area (TPSA) is 36.0 Å². The van der Waals surface area contributed by atoms with Gasteiger partial charge in [-0.2, -0.15) is 0 Å². The summed E-state index contributed by atoms with van der Waals surface area (Å²) in [5.74, 6) is 1.15. The molecule has 0 bridgehead atoms. The van der Waals surface area contributed by atoms with Gasteiger partial charge >= 0.3 is 0 Å². The summed E-state index contributed by atoms with van der Waals surface area (Å²) in [7, 11) is 0. The highest BCUT2D eigenvalue weighted by Gasteiger charge is 2.23. The van der Waals surface area contributed by atoms with E-state index in [1.54, 1.807) is 0 Å². The Kier molecular flexibility index (Phi) is 9.11. The molecule has 3 aromatic rings. The van der Waals surface area contributed by atoms with E-state index in [9.17, 15) is 4.79 Å². The fourth-order valence-corrected chi connectivity index (χ4v) is 5.79. The van der Waals surface area contributed by atoms with Crippen LogP contribution >= 0.6 is 0 Å². The van der Waals surface area contributed by atoms with Crippen LogP contribution in [0.4, 0.5) is 5.69 Å². The third-order valence-corrected chi connectivity index (χ3v) is 7.86. The Morgan fingerprint density at radius 1 is 0.868 bits per heavy atom. The van der Waals surface area contributed by atoms with E-state index in [2.05, 4.69) is 95.6 Å². The van der Waals surface area contributed by atoms with Gasteiger partial charge in [0.05, 0.1) is 6.61 Å². The van der Waals surface area contributed by atoms with Crippen molar-refractivity contribution in [2.24, 2.45) is 0 Å². The van der Waals surface area contributed by atoms with Crippen LogP contribution in [0.2, 0.25) is 0 Å². The van der Waals surface area contributed by atoms with Gasteiger partial charge in [0.1, 0.15) is 5.75 Å². The van der Waals surface area contributed by atoms with Crippen LogP contribution in [0.3, 0.4) is 0 Å². The SMILES string of the molecule is CC1CCCN1CCCOc1ccc(N2CCCC2=O)cc1CN(Cc1ccccc1)Cc1ccccc1. The number of rotatable bonds is 12. The lowest BCUT2D eigenvalue weighted by Crippen LogP contribution is -2.28. The van der Waals surface area contributed by atoms with Gasteiger partial charge in [0.2, 0.25) is 5.91 Å². The lowest BCUT2D eigenvalue weighted by molar-refractivity contribution is -0.117. The van der Waals surface area contributed by atoms with Gasteiger partial charge in [0, 0.05) is 56.4 Å². The molecule has 0 N–H and O–H groups in total. The Labute approximate surface area is 228 Å². The first-order chi connectivity index (χ1) is 18.7. The number of amides is 1. The van der Waals surface area contributed by atoms with E-state index < -0.39 is 0 Å². The van der Waals surface area contributed by atoms with Gasteiger partial charge in [-0.25, -0.2) is 0 Å². The number of ether oxygens (including phenoxy) is 1. The summed E-state index contributed by atoms with van der Waals surface area (Å²) < 4.78 is 6.42. The summed E-state index contributed by atoms with van der Waals surface area (Å²) in [4.78, 5) is 19.5. The van der Waals surface area contributed by atoms with Crippen LogP contribution in [-0.4, -0.2) is 48.0 Å². The van der Waals surface area contributed by atoms with Gasteiger partial charge in [-0.15, -0.1) is 0 Å². The molecule has 0 saturated carbocycles. The molecule has 5 rings (SSSR count). The van der Waals surface area contributed by atoms with Crippen molar-refractivity contribution in [3.05, 3.63) is 95.6 Å². The van der Waals surface area contributed by atoms with Crippen LogP contribution in [0.1, 0.15) is 55.7 Å². The van der Waals surface area contributed by atoms with Crippen LogP contribution in [-0.2, 0) is 24.4 Å². The lowest BCUT2D eigenvalue weighted by Gasteiger charge is -2.26. The summed E-state index contributed by atoms with van der Waals surface area (Å²) in [6.07, 6.45) is 5.20. The van der Waals surface area contributed by atoms with Crippen molar-refractivity contribution >= 4 is 11.6 Å². The maximum absolute atomic E-state index is 12.5. The zero-order valence-corrected chi connectivity index (χ0v) is 22.7. The van der Waals surface area contributed by atoms with Gasteiger partial charge in [0.25, 0.3) is 0 Å². The molecular weight excluding hydrogens is 470 g/mol. The van der Waals surface area contributed by atoms with Gasteiger partial charge < -0.3 is 14.5 Å². The summed E-state index contributed by atoms with van der Waals surface area (Å²) in [6, 6.07) is 28.3. The first-order valence-corrected chi connectivity index (χ1v) is 14.3. The predicted octanol–water partition coefficient (Wildman–Crippen LogP) is 6.27. The molecule has 5 heteroatoms. The van der Waals surface area contributed by atoms with Gasteiger partial charge in [0.15, 0.2) is 0 Å². The number of likely N-dealkylation sites (tertiary alicyclic amines) is 1. The predicted molar refractivity (Wildman–Crippen MR) is 154 cm³/mol. The Morgan fingerprint density at radius 3 is 2.18 bits per heavy atom. The summed E-state index contributed by atoms with van der Waals surface area (Å²) in [5, 5.41) is 0. The Morgan fingerprint density at radius 2 is 1.58 bits per heavy atom. The summed E-state index contributed by atoms with van der Waals surface area (Å²) >= 11 is 0. The van der Waals surface area contributed by atoms with Crippen LogP contribution in [0.5, 0.6) is 5.75 Å². The quantitative estimate of drug-likeness (QED) is 0.269. The molecule has 5 nitrogen and oxygen atoms in total. The number of hydrogen-bond acceptors (Lipinski definition) is 4. The zero-order valence-electron chi connectivity index (χ0n) is 22.7. The molecule has 2 aliphatic rings. The monoisotopic (exact) mass is 511 g/mol. The van der Waals surface area contributed by atoms with Crippen molar-refractivity contribution in [1.82, 2.24) is 9.80 Å². The highest BCUT2D eigenvalue weighted by Crippen LogP contribution is 2.30. The molecule has 1 atom stereocenters. The minimum atomic E-state index is 0.217. The van der Waals surface area contributed by atoms with Crippen molar-refractivity contribution in [3.8, 4) is 5.75 Å². The van der Waals surface area contributed by atoms with Gasteiger partial charge in [-0.05, 0) is 68.5 Å². The average molecular weight is 512 g/mol. The van der Waals surface area contributed by atoms with Gasteiger partial charge in [-0.3, -0.25) is 9.69 Å². The largest absolute Gasteiger partial charge is 0.493 e. The maximum Gasteiger partial charge on any atom is 0.227 e. The van der Waals surface area contributed by atoms with E-state index >= 15 is 0 Å². The first kappa shape index (κ1) is 26.5. The molecule has 2 heterocycles. The molecule has 0 spiro atoms. The van der Waals surface area contributed by atoms with E-state index in [1.165, 1.54) is 30.5 Å². The Bertz CT molecular complexity index is 1130. The molecule has 2 aliphatic heterocycles. The number of benzene rings is 3. The van der Waals surface area contributed by atoms with Crippen LogP contribution in [0, 0.1) is 0 Å². The number of anilines is 1. The van der Waals surface area contributed by atoms with E-state index in [1.807, 2.05) is 4.90 Å². The smallest absolute Gasteiger partial charge is 0.227 e. The van der Waals surface area contributed by atoms with Crippen molar-refractivity contribution in [2.45, 2.75) is 64.7 Å². The third-order valence-electron chi connectivity index (χ3n) is 7.86. The molecule has 2 fully saturated rings. The molecule has 2 saturated heterocycles. The average Bonchev–Trinajstić information content (AvgIpc) is 3.56. The van der Waals surface area contributed by atoms with E-state index in [0.29, 0.717) is 19.1 Å². The van der Waals surface area contributed by atoms with E-state index in [4.69, 9.17) is 4.74 Å². The zero-order chi connectivity index (χ0) is 26.2. The molecule has 1 amide bonds.